The molecule has 19 heavy (non-hydrogen) atoms. The first-order valence-corrected chi connectivity index (χ1v) is 7.24. The molecule has 3 N–H and O–H groups in total. The molecule has 0 radical (unpaired) electrons. The maximum Gasteiger partial charge on any atom is 0.106 e. The van der Waals surface area contributed by atoms with Crippen molar-refractivity contribution in [3.8, 4) is 0 Å². The highest BCUT2D eigenvalue weighted by Crippen LogP contribution is 2.26. The summed E-state index contributed by atoms with van der Waals surface area (Å²) in [6.45, 7) is 6.05. The van der Waals surface area contributed by atoms with Gasteiger partial charge in [0.15, 0.2) is 0 Å². The second-order valence-electron chi connectivity index (χ2n) is 5.24. The zero-order chi connectivity index (χ0) is 13.8. The van der Waals surface area contributed by atoms with Crippen molar-refractivity contribution in [3.63, 3.8) is 0 Å². The van der Waals surface area contributed by atoms with E-state index in [2.05, 4.69) is 25.2 Å². The first-order valence-electron chi connectivity index (χ1n) is 6.83. The summed E-state index contributed by atoms with van der Waals surface area (Å²) in [6, 6.07) is 6.46. The number of benzene rings is 1. The Morgan fingerprint density at radius 1 is 1.42 bits per heavy atom. The van der Waals surface area contributed by atoms with E-state index < -0.39 is 0 Å². The maximum atomic E-state index is 5.81. The molecule has 104 valence electrons. The Hall–Kier alpha value is -1.13. The molecule has 1 aromatic carbocycles. The van der Waals surface area contributed by atoms with Gasteiger partial charge in [-0.05, 0) is 44.2 Å². The average molecular weight is 278 g/mol. The minimum absolute atomic E-state index is 0.401. The summed E-state index contributed by atoms with van der Waals surface area (Å²) in [6.07, 6.45) is 2.23. The molecule has 0 aromatic heterocycles. The van der Waals surface area contributed by atoms with Crippen molar-refractivity contribution in [3.05, 3.63) is 29.3 Å². The van der Waals surface area contributed by atoms with Crippen LogP contribution in [-0.2, 0) is 4.74 Å². The average Bonchev–Trinajstić information content (AvgIpc) is 2.41. The van der Waals surface area contributed by atoms with Crippen LogP contribution in [0.4, 0.5) is 5.69 Å². The van der Waals surface area contributed by atoms with Gasteiger partial charge in [-0.2, -0.15) is 0 Å². The fourth-order valence-electron chi connectivity index (χ4n) is 2.63. The standard InChI is InChI=1S/C15H22N2OS/c1-10-4-3-5-13(15(16)19)14(10)17-11(2)12-6-8-18-9-7-12/h3-5,11-12,17H,6-9H2,1-2H3,(H2,16,19). The molecular weight excluding hydrogens is 256 g/mol. The van der Waals surface area contributed by atoms with Crippen LogP contribution in [0.3, 0.4) is 0 Å². The topological polar surface area (TPSA) is 47.3 Å². The van der Waals surface area contributed by atoms with Gasteiger partial charge < -0.3 is 15.8 Å². The van der Waals surface area contributed by atoms with E-state index in [1.54, 1.807) is 0 Å². The van der Waals surface area contributed by atoms with Crippen LogP contribution in [0.25, 0.3) is 0 Å². The number of nitrogens with one attached hydrogen (secondary N) is 1. The van der Waals surface area contributed by atoms with Crippen LogP contribution in [0, 0.1) is 12.8 Å². The monoisotopic (exact) mass is 278 g/mol. The fourth-order valence-corrected chi connectivity index (χ4v) is 2.80. The number of aryl methyl sites for hydroxylation is 1. The van der Waals surface area contributed by atoms with E-state index in [4.69, 9.17) is 22.7 Å². The van der Waals surface area contributed by atoms with Crippen LogP contribution in [0.15, 0.2) is 18.2 Å². The Morgan fingerprint density at radius 3 is 2.74 bits per heavy atom. The van der Waals surface area contributed by atoms with Gasteiger partial charge in [0.05, 0.1) is 0 Å². The Morgan fingerprint density at radius 2 is 2.11 bits per heavy atom. The van der Waals surface area contributed by atoms with E-state index in [1.807, 2.05) is 12.1 Å². The van der Waals surface area contributed by atoms with Crippen LogP contribution in [0.2, 0.25) is 0 Å². The van der Waals surface area contributed by atoms with E-state index in [0.717, 1.165) is 37.3 Å². The van der Waals surface area contributed by atoms with Gasteiger partial charge in [0.25, 0.3) is 0 Å². The summed E-state index contributed by atoms with van der Waals surface area (Å²) < 4.78 is 5.42. The highest BCUT2D eigenvalue weighted by molar-refractivity contribution is 7.80. The highest BCUT2D eigenvalue weighted by Gasteiger charge is 2.21. The highest BCUT2D eigenvalue weighted by atomic mass is 32.1. The number of ether oxygens (including phenoxy) is 1. The van der Waals surface area contributed by atoms with Crippen molar-refractivity contribution in [1.82, 2.24) is 0 Å². The van der Waals surface area contributed by atoms with E-state index in [9.17, 15) is 0 Å². The number of hydrogen-bond donors (Lipinski definition) is 2. The molecule has 1 heterocycles. The number of anilines is 1. The minimum Gasteiger partial charge on any atom is -0.389 e. The quantitative estimate of drug-likeness (QED) is 0.831. The van der Waals surface area contributed by atoms with Gasteiger partial charge in [-0.25, -0.2) is 0 Å². The van der Waals surface area contributed by atoms with Crippen LogP contribution in [-0.4, -0.2) is 24.2 Å². The Balaban J connectivity index is 2.15. The zero-order valence-electron chi connectivity index (χ0n) is 11.6. The summed E-state index contributed by atoms with van der Waals surface area (Å²) >= 11 is 5.14. The van der Waals surface area contributed by atoms with Crippen LogP contribution in [0.1, 0.15) is 30.9 Å². The molecule has 1 atom stereocenters. The van der Waals surface area contributed by atoms with Crippen molar-refractivity contribution in [2.45, 2.75) is 32.7 Å². The molecule has 0 spiro atoms. The number of thiocarbonyl (C=S) groups is 1. The molecule has 1 saturated heterocycles. The normalized spacial score (nSPS) is 18.0. The number of rotatable bonds is 4. The molecule has 0 saturated carbocycles. The Labute approximate surface area is 120 Å². The van der Waals surface area contributed by atoms with Gasteiger partial charge in [-0.3, -0.25) is 0 Å². The van der Waals surface area contributed by atoms with E-state index in [-0.39, 0.29) is 0 Å². The first-order chi connectivity index (χ1) is 9.09. The first kappa shape index (κ1) is 14.3. The minimum atomic E-state index is 0.401. The van der Waals surface area contributed by atoms with Crippen molar-refractivity contribution >= 4 is 22.9 Å². The third-order valence-corrected chi connectivity index (χ3v) is 4.10. The molecule has 1 aliphatic rings. The Bertz CT molecular complexity index is 455. The van der Waals surface area contributed by atoms with Gasteiger partial charge in [0.2, 0.25) is 0 Å². The summed E-state index contributed by atoms with van der Waals surface area (Å²) in [7, 11) is 0. The molecule has 4 heteroatoms. The predicted molar refractivity (Wildman–Crippen MR) is 83.7 cm³/mol. The molecule has 0 bridgehead atoms. The lowest BCUT2D eigenvalue weighted by molar-refractivity contribution is 0.0622. The van der Waals surface area contributed by atoms with E-state index in [0.29, 0.717) is 16.9 Å². The predicted octanol–water partition coefficient (Wildman–Crippen LogP) is 2.86. The second kappa shape index (κ2) is 6.35. The molecule has 1 fully saturated rings. The van der Waals surface area contributed by atoms with Crippen molar-refractivity contribution in [2.75, 3.05) is 18.5 Å². The summed E-state index contributed by atoms with van der Waals surface area (Å²) in [5.41, 5.74) is 9.01. The summed E-state index contributed by atoms with van der Waals surface area (Å²) in [4.78, 5) is 0.449. The number of hydrogen-bond acceptors (Lipinski definition) is 3. The SMILES string of the molecule is Cc1cccc(C(N)=S)c1NC(C)C1CCOCC1. The molecule has 1 aromatic rings. The molecule has 0 amide bonds. The van der Waals surface area contributed by atoms with Gasteiger partial charge >= 0.3 is 0 Å². The van der Waals surface area contributed by atoms with E-state index >= 15 is 0 Å². The molecule has 2 rings (SSSR count). The third kappa shape index (κ3) is 3.45. The number of nitrogens with two attached hydrogens (primary N) is 1. The van der Waals surface area contributed by atoms with Crippen molar-refractivity contribution < 1.29 is 4.74 Å². The van der Waals surface area contributed by atoms with Crippen molar-refractivity contribution in [1.29, 1.82) is 0 Å². The van der Waals surface area contributed by atoms with Crippen molar-refractivity contribution in [2.24, 2.45) is 11.7 Å². The second-order valence-corrected chi connectivity index (χ2v) is 5.68. The van der Waals surface area contributed by atoms with Crippen LogP contribution < -0.4 is 11.1 Å². The van der Waals surface area contributed by atoms with E-state index in [1.165, 1.54) is 5.56 Å². The largest absolute Gasteiger partial charge is 0.389 e. The molecule has 1 aliphatic heterocycles. The van der Waals surface area contributed by atoms with Gasteiger partial charge in [-0.15, -0.1) is 0 Å². The fraction of sp³-hybridized carbons (Fsp3) is 0.533. The Kier molecular flexibility index (Phi) is 4.77. The maximum absolute atomic E-state index is 5.81. The molecular formula is C15H22N2OS. The molecule has 3 nitrogen and oxygen atoms in total. The van der Waals surface area contributed by atoms with Gasteiger partial charge in [-0.1, -0.05) is 24.4 Å². The zero-order valence-corrected chi connectivity index (χ0v) is 12.4. The van der Waals surface area contributed by atoms with Gasteiger partial charge in [0, 0.05) is 30.5 Å². The number of para-hydroxylation sites is 1. The summed E-state index contributed by atoms with van der Waals surface area (Å²) in [5, 5.41) is 3.61. The molecule has 0 aliphatic carbocycles. The summed E-state index contributed by atoms with van der Waals surface area (Å²) in [5.74, 6) is 0.646. The smallest absolute Gasteiger partial charge is 0.106 e. The molecule has 1 unspecified atom stereocenters. The lowest BCUT2D eigenvalue weighted by Gasteiger charge is -2.30. The van der Waals surface area contributed by atoms with Crippen LogP contribution in [0.5, 0.6) is 0 Å². The lowest BCUT2D eigenvalue weighted by Crippen LogP contribution is -2.32. The van der Waals surface area contributed by atoms with Gasteiger partial charge in [0.1, 0.15) is 4.99 Å². The third-order valence-electron chi connectivity index (χ3n) is 3.88. The lowest BCUT2D eigenvalue weighted by atomic mass is 9.92. The van der Waals surface area contributed by atoms with Crippen LogP contribution >= 0.6 is 12.2 Å².